The molecule has 5 rings (SSSR count). The summed E-state index contributed by atoms with van der Waals surface area (Å²) in [4.78, 5) is 19.9. The van der Waals surface area contributed by atoms with Gasteiger partial charge < -0.3 is 9.64 Å². The predicted molar refractivity (Wildman–Crippen MR) is 114 cm³/mol. The fraction of sp³-hybridized carbons (Fsp3) is 0.280. The van der Waals surface area contributed by atoms with Crippen LogP contribution >= 0.6 is 0 Å². The number of ether oxygens (including phenoxy) is 1. The van der Waals surface area contributed by atoms with Crippen LogP contribution in [0.4, 0.5) is 5.69 Å². The van der Waals surface area contributed by atoms with E-state index in [1.165, 1.54) is 0 Å². The second-order valence-electron chi connectivity index (χ2n) is 7.82. The molecule has 3 heterocycles. The summed E-state index contributed by atoms with van der Waals surface area (Å²) in [7, 11) is 0. The summed E-state index contributed by atoms with van der Waals surface area (Å²) in [5, 5.41) is 0. The molecular weight excluding hydrogens is 360 g/mol. The summed E-state index contributed by atoms with van der Waals surface area (Å²) >= 11 is 0. The normalized spacial score (nSPS) is 19.3. The van der Waals surface area contributed by atoms with Crippen molar-refractivity contribution in [2.45, 2.75) is 31.6 Å². The van der Waals surface area contributed by atoms with Crippen LogP contribution in [0.2, 0.25) is 0 Å². The average Bonchev–Trinajstić information content (AvgIpc) is 3.27. The van der Waals surface area contributed by atoms with E-state index in [4.69, 9.17) is 4.74 Å². The van der Waals surface area contributed by atoms with Crippen molar-refractivity contribution in [2.24, 2.45) is 0 Å². The molecule has 1 atom stereocenters. The topological polar surface area (TPSA) is 42.4 Å². The highest BCUT2D eigenvalue weighted by atomic mass is 16.5. The number of hydrogen-bond donors (Lipinski definition) is 0. The number of hydrogen-bond acceptors (Lipinski definition) is 3. The number of fused-ring (bicyclic) bond motifs is 4. The minimum absolute atomic E-state index is 0.139. The van der Waals surface area contributed by atoms with Gasteiger partial charge >= 0.3 is 0 Å². The van der Waals surface area contributed by atoms with Crippen LogP contribution < -0.4 is 9.64 Å². The molecule has 0 bridgehead atoms. The van der Waals surface area contributed by atoms with Crippen molar-refractivity contribution in [1.29, 1.82) is 0 Å². The van der Waals surface area contributed by atoms with Gasteiger partial charge in [0.05, 0.1) is 0 Å². The van der Waals surface area contributed by atoms with Crippen molar-refractivity contribution < 1.29 is 9.53 Å². The summed E-state index contributed by atoms with van der Waals surface area (Å²) < 4.78 is 6.07. The summed E-state index contributed by atoms with van der Waals surface area (Å²) in [6.07, 6.45) is 6.85. The summed E-state index contributed by atoms with van der Waals surface area (Å²) in [6, 6.07) is 18.4. The molecule has 4 nitrogen and oxygen atoms in total. The van der Waals surface area contributed by atoms with E-state index < -0.39 is 5.41 Å². The molecule has 0 aliphatic carbocycles. The Morgan fingerprint density at radius 2 is 1.83 bits per heavy atom. The zero-order valence-corrected chi connectivity index (χ0v) is 16.6. The molecular formula is C25H24N2O2. The van der Waals surface area contributed by atoms with E-state index in [0.29, 0.717) is 6.61 Å². The first-order valence-electron chi connectivity index (χ1n) is 10.3. The largest absolute Gasteiger partial charge is 0.491 e. The summed E-state index contributed by atoms with van der Waals surface area (Å²) in [5.74, 6) is 0.946. The third kappa shape index (κ3) is 2.66. The van der Waals surface area contributed by atoms with E-state index in [1.54, 1.807) is 12.4 Å². The number of amides is 1. The number of aromatic nitrogens is 1. The Labute approximate surface area is 171 Å². The molecule has 1 aromatic heterocycles. The SMILES string of the molecule is CCCCCN1C(=O)C2(COc3ccc(-c4ccncc4)cc32)c2ccccc21. The van der Waals surface area contributed by atoms with Crippen molar-refractivity contribution in [3.63, 3.8) is 0 Å². The van der Waals surface area contributed by atoms with Crippen LogP contribution in [0.15, 0.2) is 67.0 Å². The molecule has 146 valence electrons. The number of anilines is 1. The Morgan fingerprint density at radius 1 is 1.00 bits per heavy atom. The number of unbranched alkanes of at least 4 members (excludes halogenated alkanes) is 2. The lowest BCUT2D eigenvalue weighted by Gasteiger charge is -2.23. The Kier molecular flexibility index (Phi) is 4.35. The molecule has 0 fully saturated rings. The molecule has 3 aromatic rings. The minimum atomic E-state index is -0.749. The third-order valence-electron chi connectivity index (χ3n) is 6.15. The minimum Gasteiger partial charge on any atom is -0.491 e. The number of para-hydroxylation sites is 1. The fourth-order valence-corrected chi connectivity index (χ4v) is 4.64. The van der Waals surface area contributed by atoms with Crippen molar-refractivity contribution in [3.8, 4) is 16.9 Å². The summed E-state index contributed by atoms with van der Waals surface area (Å²) in [6.45, 7) is 3.30. The van der Waals surface area contributed by atoms with Crippen molar-refractivity contribution in [2.75, 3.05) is 18.1 Å². The van der Waals surface area contributed by atoms with Gasteiger partial charge in [-0.05, 0) is 53.4 Å². The van der Waals surface area contributed by atoms with Gasteiger partial charge in [0.2, 0.25) is 5.91 Å². The van der Waals surface area contributed by atoms with Crippen LogP contribution in [0, 0.1) is 0 Å². The standard InChI is InChI=1S/C25H24N2O2/c1-2-3-6-15-27-22-8-5-4-7-20(22)25(24(27)28)17-29-23-10-9-19(16-21(23)25)18-11-13-26-14-12-18/h4-5,7-14,16H,2-3,6,15,17H2,1H3. The van der Waals surface area contributed by atoms with Gasteiger partial charge in [-0.15, -0.1) is 0 Å². The number of benzene rings is 2. The van der Waals surface area contributed by atoms with E-state index >= 15 is 0 Å². The average molecular weight is 384 g/mol. The lowest BCUT2D eigenvalue weighted by molar-refractivity contribution is -0.122. The van der Waals surface area contributed by atoms with Gasteiger partial charge in [0.15, 0.2) is 0 Å². The van der Waals surface area contributed by atoms with E-state index in [0.717, 1.165) is 59.5 Å². The molecule has 2 aliphatic rings. The quantitative estimate of drug-likeness (QED) is 0.584. The van der Waals surface area contributed by atoms with Gasteiger partial charge in [-0.1, -0.05) is 44.0 Å². The predicted octanol–water partition coefficient (Wildman–Crippen LogP) is 4.96. The Balaban J connectivity index is 1.63. The third-order valence-corrected chi connectivity index (χ3v) is 6.15. The second-order valence-corrected chi connectivity index (χ2v) is 7.82. The lowest BCUT2D eigenvalue weighted by Crippen LogP contribution is -2.42. The smallest absolute Gasteiger partial charge is 0.245 e. The molecule has 4 heteroatoms. The lowest BCUT2D eigenvalue weighted by atomic mass is 9.76. The monoisotopic (exact) mass is 384 g/mol. The first-order chi connectivity index (χ1) is 14.3. The molecule has 1 amide bonds. The fourth-order valence-electron chi connectivity index (χ4n) is 4.64. The Hall–Kier alpha value is -3.14. The first-order valence-corrected chi connectivity index (χ1v) is 10.3. The number of rotatable bonds is 5. The zero-order valence-electron chi connectivity index (χ0n) is 16.6. The van der Waals surface area contributed by atoms with Crippen molar-refractivity contribution in [1.82, 2.24) is 4.98 Å². The van der Waals surface area contributed by atoms with Crippen molar-refractivity contribution >= 4 is 11.6 Å². The Bertz CT molecular complexity index is 1060. The maximum atomic E-state index is 13.8. The van der Waals surface area contributed by atoms with Crippen LogP contribution in [-0.2, 0) is 10.2 Å². The number of pyridine rings is 1. The van der Waals surface area contributed by atoms with Crippen molar-refractivity contribution in [3.05, 3.63) is 78.1 Å². The van der Waals surface area contributed by atoms with E-state index in [2.05, 4.69) is 36.2 Å². The zero-order chi connectivity index (χ0) is 19.8. The van der Waals surface area contributed by atoms with Crippen LogP contribution in [0.5, 0.6) is 5.75 Å². The first kappa shape index (κ1) is 17.9. The highest BCUT2D eigenvalue weighted by molar-refractivity contribution is 6.11. The van der Waals surface area contributed by atoms with Crippen LogP contribution in [0.3, 0.4) is 0 Å². The molecule has 29 heavy (non-hydrogen) atoms. The number of carbonyl (C=O) groups excluding carboxylic acids is 1. The van der Waals surface area contributed by atoms with E-state index in [9.17, 15) is 4.79 Å². The van der Waals surface area contributed by atoms with Gasteiger partial charge in [0.25, 0.3) is 0 Å². The van der Waals surface area contributed by atoms with E-state index in [-0.39, 0.29) is 5.91 Å². The highest BCUT2D eigenvalue weighted by Crippen LogP contribution is 2.52. The summed E-state index contributed by atoms with van der Waals surface area (Å²) in [5.41, 5.74) is 4.48. The highest BCUT2D eigenvalue weighted by Gasteiger charge is 2.56. The maximum absolute atomic E-state index is 13.8. The van der Waals surface area contributed by atoms with Crippen LogP contribution in [-0.4, -0.2) is 24.0 Å². The number of nitrogens with zero attached hydrogens (tertiary/aromatic N) is 2. The van der Waals surface area contributed by atoms with Gasteiger partial charge in [0, 0.05) is 30.2 Å². The van der Waals surface area contributed by atoms with Gasteiger partial charge in [-0.2, -0.15) is 0 Å². The second kappa shape index (κ2) is 7.03. The van der Waals surface area contributed by atoms with Crippen LogP contribution in [0.25, 0.3) is 11.1 Å². The Morgan fingerprint density at radius 3 is 2.66 bits per heavy atom. The van der Waals surface area contributed by atoms with Gasteiger partial charge in [-0.25, -0.2) is 0 Å². The molecule has 0 saturated carbocycles. The van der Waals surface area contributed by atoms with E-state index in [1.807, 2.05) is 35.2 Å². The maximum Gasteiger partial charge on any atom is 0.245 e. The van der Waals surface area contributed by atoms with Gasteiger partial charge in [0.1, 0.15) is 17.8 Å². The number of carbonyl (C=O) groups is 1. The molecule has 0 radical (unpaired) electrons. The van der Waals surface area contributed by atoms with Gasteiger partial charge in [-0.3, -0.25) is 9.78 Å². The molecule has 2 aromatic carbocycles. The molecule has 0 saturated heterocycles. The molecule has 0 N–H and O–H groups in total. The van der Waals surface area contributed by atoms with Crippen LogP contribution in [0.1, 0.15) is 37.3 Å². The molecule has 1 unspecified atom stereocenters. The molecule has 2 aliphatic heterocycles. The molecule has 1 spiro atoms.